The first-order valence-electron chi connectivity index (χ1n) is 5.97. The van der Waals surface area contributed by atoms with Crippen LogP contribution in [0.2, 0.25) is 5.15 Å². The van der Waals surface area contributed by atoms with Gasteiger partial charge in [0, 0.05) is 18.5 Å². The quantitative estimate of drug-likeness (QED) is 0.802. The van der Waals surface area contributed by atoms with Gasteiger partial charge in [0.25, 0.3) is 0 Å². The van der Waals surface area contributed by atoms with E-state index in [0.717, 1.165) is 24.0 Å². The number of nitrogens with zero attached hydrogens (tertiary/aromatic N) is 2. The first kappa shape index (κ1) is 11.6. The molecule has 0 amide bonds. The second-order valence-corrected chi connectivity index (χ2v) is 4.96. The first-order chi connectivity index (χ1) is 7.67. The summed E-state index contributed by atoms with van der Waals surface area (Å²) in [5.41, 5.74) is 0. The van der Waals surface area contributed by atoms with Crippen molar-refractivity contribution in [3.63, 3.8) is 0 Å². The molecule has 1 saturated carbocycles. The molecule has 88 valence electrons. The molecular weight excluding hydrogens is 222 g/mol. The maximum atomic E-state index is 5.94. The summed E-state index contributed by atoms with van der Waals surface area (Å²) in [7, 11) is 0. The van der Waals surface area contributed by atoms with Gasteiger partial charge in [-0.2, -0.15) is 0 Å². The molecule has 1 aliphatic carbocycles. The minimum absolute atomic E-state index is 0.461. The van der Waals surface area contributed by atoms with Crippen LogP contribution in [0.1, 0.15) is 38.9 Å². The topological polar surface area (TPSA) is 37.8 Å². The maximum Gasteiger partial charge on any atom is 0.134 e. The van der Waals surface area contributed by atoms with Crippen LogP contribution < -0.4 is 5.32 Å². The minimum atomic E-state index is 0.461. The van der Waals surface area contributed by atoms with Crippen molar-refractivity contribution < 1.29 is 0 Å². The van der Waals surface area contributed by atoms with E-state index >= 15 is 0 Å². The van der Waals surface area contributed by atoms with E-state index in [9.17, 15) is 0 Å². The second-order valence-electron chi connectivity index (χ2n) is 4.57. The number of nitrogens with one attached hydrogen (secondary N) is 1. The number of aromatic nitrogens is 2. The highest BCUT2D eigenvalue weighted by Crippen LogP contribution is 2.34. The van der Waals surface area contributed by atoms with E-state index in [2.05, 4.69) is 22.2 Å². The standard InChI is InChI=1S/C12H18ClN3/c1-3-11-15-10(13)7-12(16-11)14-8(2)6-9-4-5-9/h7-9H,3-6H2,1-2H3,(H,14,15,16). The van der Waals surface area contributed by atoms with Gasteiger partial charge in [-0.3, -0.25) is 0 Å². The molecule has 0 aromatic carbocycles. The monoisotopic (exact) mass is 239 g/mol. The number of halogens is 1. The van der Waals surface area contributed by atoms with Crippen molar-refractivity contribution in [2.24, 2.45) is 5.92 Å². The van der Waals surface area contributed by atoms with E-state index in [1.54, 1.807) is 6.07 Å². The van der Waals surface area contributed by atoms with Crippen molar-refractivity contribution in [3.8, 4) is 0 Å². The molecule has 0 bridgehead atoms. The fraction of sp³-hybridized carbons (Fsp3) is 0.667. The van der Waals surface area contributed by atoms with E-state index in [-0.39, 0.29) is 0 Å². The van der Waals surface area contributed by atoms with E-state index < -0.39 is 0 Å². The summed E-state index contributed by atoms with van der Waals surface area (Å²) < 4.78 is 0. The van der Waals surface area contributed by atoms with Gasteiger partial charge in [0.2, 0.25) is 0 Å². The van der Waals surface area contributed by atoms with Crippen LogP contribution in [0.15, 0.2) is 6.07 Å². The summed E-state index contributed by atoms with van der Waals surface area (Å²) in [6, 6.07) is 2.26. The number of aryl methyl sites for hydroxylation is 1. The molecule has 1 aromatic heterocycles. The van der Waals surface area contributed by atoms with Crippen molar-refractivity contribution >= 4 is 17.4 Å². The van der Waals surface area contributed by atoms with Gasteiger partial charge in [0.15, 0.2) is 0 Å². The summed E-state index contributed by atoms with van der Waals surface area (Å²) in [5.74, 6) is 2.57. The summed E-state index contributed by atoms with van der Waals surface area (Å²) in [4.78, 5) is 8.56. The number of rotatable bonds is 5. The van der Waals surface area contributed by atoms with Gasteiger partial charge in [-0.05, 0) is 19.3 Å². The Balaban J connectivity index is 1.98. The van der Waals surface area contributed by atoms with Crippen molar-refractivity contribution in [2.45, 2.75) is 45.6 Å². The zero-order valence-corrected chi connectivity index (χ0v) is 10.6. The van der Waals surface area contributed by atoms with Crippen molar-refractivity contribution in [3.05, 3.63) is 17.0 Å². The average molecular weight is 240 g/mol. The van der Waals surface area contributed by atoms with Gasteiger partial charge >= 0.3 is 0 Å². The highest BCUT2D eigenvalue weighted by atomic mass is 35.5. The molecule has 0 aliphatic heterocycles. The molecule has 1 fully saturated rings. The third kappa shape index (κ3) is 3.34. The van der Waals surface area contributed by atoms with Crippen LogP contribution >= 0.6 is 11.6 Å². The zero-order valence-electron chi connectivity index (χ0n) is 9.83. The predicted molar refractivity (Wildman–Crippen MR) is 66.8 cm³/mol. The predicted octanol–water partition coefficient (Wildman–Crippen LogP) is 3.29. The highest BCUT2D eigenvalue weighted by molar-refractivity contribution is 6.29. The van der Waals surface area contributed by atoms with Crippen molar-refractivity contribution in [1.82, 2.24) is 9.97 Å². The number of hydrogen-bond acceptors (Lipinski definition) is 3. The molecule has 4 heteroatoms. The van der Waals surface area contributed by atoms with Gasteiger partial charge < -0.3 is 5.32 Å². The van der Waals surface area contributed by atoms with E-state index in [0.29, 0.717) is 11.2 Å². The number of anilines is 1. The molecule has 0 radical (unpaired) electrons. The Morgan fingerprint density at radius 1 is 1.50 bits per heavy atom. The fourth-order valence-electron chi connectivity index (χ4n) is 1.86. The Morgan fingerprint density at radius 2 is 2.25 bits per heavy atom. The van der Waals surface area contributed by atoms with Crippen LogP contribution in [0.5, 0.6) is 0 Å². The molecule has 3 nitrogen and oxygen atoms in total. The molecule has 1 aromatic rings. The third-order valence-corrected chi connectivity index (χ3v) is 3.03. The normalized spacial score (nSPS) is 17.2. The van der Waals surface area contributed by atoms with Gasteiger partial charge in [-0.15, -0.1) is 0 Å². The molecule has 2 rings (SSSR count). The largest absolute Gasteiger partial charge is 0.367 e. The minimum Gasteiger partial charge on any atom is -0.367 e. The van der Waals surface area contributed by atoms with Crippen LogP contribution in [0.3, 0.4) is 0 Å². The van der Waals surface area contributed by atoms with Crippen LogP contribution in [-0.2, 0) is 6.42 Å². The van der Waals surface area contributed by atoms with E-state index in [4.69, 9.17) is 11.6 Å². The molecule has 0 saturated heterocycles. The van der Waals surface area contributed by atoms with Crippen LogP contribution in [0.25, 0.3) is 0 Å². The summed E-state index contributed by atoms with van der Waals surface area (Å²) in [6.07, 6.45) is 4.81. The lowest BCUT2D eigenvalue weighted by Gasteiger charge is -2.14. The van der Waals surface area contributed by atoms with E-state index in [1.807, 2.05) is 6.92 Å². The molecule has 1 heterocycles. The molecule has 0 spiro atoms. The zero-order chi connectivity index (χ0) is 11.5. The second kappa shape index (κ2) is 5.00. The van der Waals surface area contributed by atoms with Gasteiger partial charge in [0.1, 0.15) is 16.8 Å². The summed E-state index contributed by atoms with van der Waals surface area (Å²) >= 11 is 5.94. The lowest BCUT2D eigenvalue weighted by atomic mass is 10.1. The number of hydrogen-bond donors (Lipinski definition) is 1. The smallest absolute Gasteiger partial charge is 0.134 e. The van der Waals surface area contributed by atoms with Crippen molar-refractivity contribution in [2.75, 3.05) is 5.32 Å². The summed E-state index contributed by atoms with van der Waals surface area (Å²) in [5, 5.41) is 3.91. The molecule has 1 atom stereocenters. The Morgan fingerprint density at radius 3 is 2.88 bits per heavy atom. The summed E-state index contributed by atoms with van der Waals surface area (Å²) in [6.45, 7) is 4.23. The molecule has 1 N–H and O–H groups in total. The molecular formula is C12H18ClN3. The molecule has 1 aliphatic rings. The van der Waals surface area contributed by atoms with Gasteiger partial charge in [0.05, 0.1) is 0 Å². The van der Waals surface area contributed by atoms with Gasteiger partial charge in [-0.1, -0.05) is 31.4 Å². The molecule has 16 heavy (non-hydrogen) atoms. The fourth-order valence-corrected chi connectivity index (χ4v) is 2.06. The highest BCUT2D eigenvalue weighted by Gasteiger charge is 2.23. The SMILES string of the molecule is CCc1nc(Cl)cc(NC(C)CC2CC2)n1. The lowest BCUT2D eigenvalue weighted by Crippen LogP contribution is -2.17. The maximum absolute atomic E-state index is 5.94. The van der Waals surface area contributed by atoms with Crippen LogP contribution in [0.4, 0.5) is 5.82 Å². The first-order valence-corrected chi connectivity index (χ1v) is 6.35. The lowest BCUT2D eigenvalue weighted by molar-refractivity contribution is 0.639. The van der Waals surface area contributed by atoms with Crippen LogP contribution in [0, 0.1) is 5.92 Å². The average Bonchev–Trinajstić information content (AvgIpc) is 3.00. The van der Waals surface area contributed by atoms with Gasteiger partial charge in [-0.25, -0.2) is 9.97 Å². The van der Waals surface area contributed by atoms with E-state index in [1.165, 1.54) is 19.3 Å². The Bertz CT molecular complexity index is 363. The van der Waals surface area contributed by atoms with Crippen LogP contribution in [-0.4, -0.2) is 16.0 Å². The Hall–Kier alpha value is -0.830. The Kier molecular flexibility index (Phi) is 3.64. The van der Waals surface area contributed by atoms with Crippen molar-refractivity contribution in [1.29, 1.82) is 0 Å². The third-order valence-electron chi connectivity index (χ3n) is 2.84. The Labute approximate surface area is 102 Å². The molecule has 1 unspecified atom stereocenters.